The molecule has 33 heavy (non-hydrogen) atoms. The van der Waals surface area contributed by atoms with E-state index in [4.69, 9.17) is 4.74 Å². The van der Waals surface area contributed by atoms with Crippen molar-refractivity contribution in [2.45, 2.75) is 31.4 Å². The number of nitro benzene ring substituents is 1. The molecule has 0 radical (unpaired) electrons. The van der Waals surface area contributed by atoms with Crippen LogP contribution in [-0.4, -0.2) is 44.8 Å². The lowest BCUT2D eigenvalue weighted by Crippen LogP contribution is -2.70. The number of rotatable bonds is 7. The largest absolute Gasteiger partial charge is 0.456 e. The zero-order chi connectivity index (χ0) is 23.5. The Kier molecular flexibility index (Phi) is 6.45. The molecule has 9 nitrogen and oxygen atoms in total. The van der Waals surface area contributed by atoms with Crippen molar-refractivity contribution in [3.63, 3.8) is 0 Å². The van der Waals surface area contributed by atoms with Gasteiger partial charge in [-0.15, -0.1) is 11.8 Å². The fraction of sp³-hybridized carbons (Fsp3) is 0.261. The maximum atomic E-state index is 12.8. The number of carbonyl (C=O) groups is 3. The lowest BCUT2D eigenvalue weighted by Gasteiger charge is -2.49. The fourth-order valence-electron chi connectivity index (χ4n) is 3.70. The van der Waals surface area contributed by atoms with Gasteiger partial charge in [0.25, 0.3) is 11.6 Å². The van der Waals surface area contributed by atoms with E-state index < -0.39 is 16.9 Å². The maximum absolute atomic E-state index is 12.8. The molecule has 2 amide bonds. The minimum atomic E-state index is -0.697. The Hall–Kier alpha value is -3.66. The van der Waals surface area contributed by atoms with Crippen molar-refractivity contribution in [1.82, 2.24) is 10.2 Å². The lowest BCUT2D eigenvalue weighted by atomic mass is 10.0. The van der Waals surface area contributed by atoms with Gasteiger partial charge in [-0.05, 0) is 35.8 Å². The zero-order valence-electron chi connectivity index (χ0n) is 17.7. The summed E-state index contributed by atoms with van der Waals surface area (Å²) >= 11 is 1.48. The fourth-order valence-corrected chi connectivity index (χ4v) is 4.99. The number of nitrogens with zero attached hydrogens (tertiary/aromatic N) is 2. The predicted molar refractivity (Wildman–Crippen MR) is 121 cm³/mol. The molecule has 2 aromatic rings. The first-order valence-corrected chi connectivity index (χ1v) is 11.3. The van der Waals surface area contributed by atoms with E-state index in [2.05, 4.69) is 5.32 Å². The number of ether oxygens (including phenoxy) is 1. The molecule has 0 bridgehead atoms. The monoisotopic (exact) mass is 467 g/mol. The van der Waals surface area contributed by atoms with E-state index in [1.165, 1.54) is 40.9 Å². The van der Waals surface area contributed by atoms with Crippen molar-refractivity contribution < 1.29 is 24.0 Å². The van der Waals surface area contributed by atoms with Gasteiger partial charge in [0.1, 0.15) is 23.7 Å². The average Bonchev–Trinajstić information content (AvgIpc) is 2.81. The predicted octanol–water partition coefficient (Wildman–Crippen LogP) is 2.55. The molecule has 2 heterocycles. The Morgan fingerprint density at radius 1 is 1.15 bits per heavy atom. The molecular weight excluding hydrogens is 446 g/mol. The molecule has 0 spiro atoms. The van der Waals surface area contributed by atoms with E-state index in [1.807, 2.05) is 30.3 Å². The summed E-state index contributed by atoms with van der Waals surface area (Å²) in [5.74, 6) is -0.719. The molecule has 0 aliphatic carbocycles. The second-order valence-corrected chi connectivity index (χ2v) is 8.85. The minimum absolute atomic E-state index is 0.0534. The van der Waals surface area contributed by atoms with Crippen LogP contribution in [-0.2, 0) is 32.1 Å². The summed E-state index contributed by atoms with van der Waals surface area (Å²) in [6, 6.07) is 14.2. The summed E-state index contributed by atoms with van der Waals surface area (Å²) < 4.78 is 5.38. The molecule has 2 aliphatic rings. The number of carbonyl (C=O) groups excluding carboxylic acids is 3. The number of thioether (sulfide) groups is 1. The third kappa shape index (κ3) is 4.75. The van der Waals surface area contributed by atoms with Crippen molar-refractivity contribution in [2.75, 3.05) is 5.75 Å². The second-order valence-electron chi connectivity index (χ2n) is 7.75. The number of benzene rings is 2. The van der Waals surface area contributed by atoms with Gasteiger partial charge >= 0.3 is 5.97 Å². The minimum Gasteiger partial charge on any atom is -0.456 e. The first-order valence-electron chi connectivity index (χ1n) is 10.2. The Labute approximate surface area is 193 Å². The maximum Gasteiger partial charge on any atom is 0.355 e. The van der Waals surface area contributed by atoms with Gasteiger partial charge in [0.2, 0.25) is 5.91 Å². The SMILES string of the molecule is CC1=C(C(=O)OCc2ccc([N+](=O)[O-])cc2)N2C(=O)C(NC(=O)Cc3ccccc3)[C@@H]2SC1. The molecule has 170 valence electrons. The smallest absolute Gasteiger partial charge is 0.355 e. The molecule has 2 aliphatic heterocycles. The van der Waals surface area contributed by atoms with Crippen molar-refractivity contribution in [3.05, 3.63) is 87.1 Å². The highest BCUT2D eigenvalue weighted by atomic mass is 32.2. The van der Waals surface area contributed by atoms with E-state index in [1.54, 1.807) is 6.92 Å². The van der Waals surface area contributed by atoms with Gasteiger partial charge in [0.15, 0.2) is 0 Å². The van der Waals surface area contributed by atoms with Crippen LogP contribution >= 0.6 is 11.8 Å². The van der Waals surface area contributed by atoms with Gasteiger partial charge < -0.3 is 10.1 Å². The molecule has 2 aromatic carbocycles. The van der Waals surface area contributed by atoms with E-state index in [0.717, 1.165) is 5.56 Å². The lowest BCUT2D eigenvalue weighted by molar-refractivity contribution is -0.384. The van der Waals surface area contributed by atoms with E-state index in [-0.39, 0.29) is 41.6 Å². The molecule has 2 atom stereocenters. The highest BCUT2D eigenvalue weighted by Gasteiger charge is 2.53. The van der Waals surface area contributed by atoms with E-state index in [9.17, 15) is 24.5 Å². The van der Waals surface area contributed by atoms with Gasteiger partial charge in [-0.25, -0.2) is 4.79 Å². The molecule has 1 saturated heterocycles. The third-order valence-corrected chi connectivity index (χ3v) is 6.82. The second kappa shape index (κ2) is 9.45. The summed E-state index contributed by atoms with van der Waals surface area (Å²) in [7, 11) is 0. The number of nitro groups is 1. The number of esters is 1. The molecule has 0 aromatic heterocycles. The number of β-lactam (4-membered cyclic amide) rings is 1. The highest BCUT2D eigenvalue weighted by molar-refractivity contribution is 8.00. The molecule has 4 rings (SSSR count). The van der Waals surface area contributed by atoms with Crippen LogP contribution in [0.2, 0.25) is 0 Å². The van der Waals surface area contributed by atoms with Crippen LogP contribution in [0.15, 0.2) is 65.9 Å². The summed E-state index contributed by atoms with van der Waals surface area (Å²) in [4.78, 5) is 49.6. The van der Waals surface area contributed by atoms with Crippen LogP contribution in [0.1, 0.15) is 18.1 Å². The van der Waals surface area contributed by atoms with Gasteiger partial charge in [-0.2, -0.15) is 0 Å². The zero-order valence-corrected chi connectivity index (χ0v) is 18.5. The Morgan fingerprint density at radius 3 is 2.52 bits per heavy atom. The molecule has 1 N–H and O–H groups in total. The number of fused-ring (bicyclic) bond motifs is 1. The number of amides is 2. The number of hydrogen-bond acceptors (Lipinski definition) is 7. The van der Waals surface area contributed by atoms with Crippen LogP contribution in [0.5, 0.6) is 0 Å². The number of hydrogen-bond donors (Lipinski definition) is 1. The Morgan fingerprint density at radius 2 is 1.85 bits per heavy atom. The highest BCUT2D eigenvalue weighted by Crippen LogP contribution is 2.40. The molecule has 0 saturated carbocycles. The van der Waals surface area contributed by atoms with Crippen molar-refractivity contribution >= 4 is 35.2 Å². The van der Waals surface area contributed by atoms with E-state index >= 15 is 0 Å². The van der Waals surface area contributed by atoms with Gasteiger partial charge in [0, 0.05) is 17.9 Å². The topological polar surface area (TPSA) is 119 Å². The van der Waals surface area contributed by atoms with Crippen LogP contribution in [0.4, 0.5) is 5.69 Å². The van der Waals surface area contributed by atoms with Crippen molar-refractivity contribution in [1.29, 1.82) is 0 Å². The standard InChI is InChI=1S/C23H21N3O6S/c1-14-13-33-22-19(24-18(27)11-15-5-3-2-4-6-15)21(28)25(22)20(14)23(29)32-12-16-7-9-17(10-8-16)26(30)31/h2-10,19,22H,11-13H2,1H3,(H,24,27)/t19?,22-/m0/s1. The van der Waals surface area contributed by atoms with Crippen LogP contribution in [0.3, 0.4) is 0 Å². The summed E-state index contributed by atoms with van der Waals surface area (Å²) in [5.41, 5.74) is 2.30. The third-order valence-electron chi connectivity index (χ3n) is 5.39. The normalized spacial score (nSPS) is 19.4. The first-order chi connectivity index (χ1) is 15.8. The van der Waals surface area contributed by atoms with Crippen molar-refractivity contribution in [3.8, 4) is 0 Å². The van der Waals surface area contributed by atoms with Gasteiger partial charge in [-0.1, -0.05) is 30.3 Å². The summed E-state index contributed by atoms with van der Waals surface area (Å²) in [5, 5.41) is 13.2. The summed E-state index contributed by atoms with van der Waals surface area (Å²) in [6.07, 6.45) is 0.168. The van der Waals surface area contributed by atoms with E-state index in [0.29, 0.717) is 16.9 Å². The number of nitrogens with one attached hydrogen (secondary N) is 1. The first kappa shape index (κ1) is 22.5. The quantitative estimate of drug-likeness (QED) is 0.288. The Bertz CT molecular complexity index is 1130. The molecule has 1 unspecified atom stereocenters. The Balaban J connectivity index is 1.37. The van der Waals surface area contributed by atoms with Crippen LogP contribution in [0.25, 0.3) is 0 Å². The summed E-state index contributed by atoms with van der Waals surface area (Å²) in [6.45, 7) is 1.69. The number of non-ortho nitro benzene ring substituents is 1. The average molecular weight is 468 g/mol. The van der Waals surface area contributed by atoms with Crippen LogP contribution < -0.4 is 5.32 Å². The molecular formula is C23H21N3O6S. The molecule has 1 fully saturated rings. The van der Waals surface area contributed by atoms with Crippen molar-refractivity contribution in [2.24, 2.45) is 0 Å². The van der Waals surface area contributed by atoms with Gasteiger partial charge in [-0.3, -0.25) is 24.6 Å². The van der Waals surface area contributed by atoms with Crippen LogP contribution in [0, 0.1) is 10.1 Å². The van der Waals surface area contributed by atoms with Gasteiger partial charge in [0.05, 0.1) is 11.3 Å². The molecule has 10 heteroatoms.